The zero-order valence-electron chi connectivity index (χ0n) is 15.9. The molecular formula is C20H15FN6O3S. The molecule has 1 aliphatic rings. The average Bonchev–Trinajstić information content (AvgIpc) is 3.40. The summed E-state index contributed by atoms with van der Waals surface area (Å²) >= 11 is 0.810. The number of aromatic nitrogens is 4. The number of carbonyl (C=O) groups excluding carboxylic acids is 3. The standard InChI is InChI=1S/C20H15FN6O3S/c21-15-5-1-13(2-6-15)11-17-19(29)26(20(30)31-17)10-9-22-18(28)14-3-7-16(8-4-14)27-12-23-24-25-27/h1-8,11-12H,9-10H2,(H,22,28). The van der Waals surface area contributed by atoms with E-state index in [2.05, 4.69) is 20.8 Å². The number of hydrogen-bond acceptors (Lipinski definition) is 7. The van der Waals surface area contributed by atoms with Crippen molar-refractivity contribution in [3.05, 3.63) is 76.7 Å². The molecule has 0 aliphatic carbocycles. The number of hydrogen-bond donors (Lipinski definition) is 1. The van der Waals surface area contributed by atoms with E-state index in [0.717, 1.165) is 16.7 Å². The Kier molecular flexibility index (Phi) is 5.85. The molecule has 0 atom stereocenters. The first kappa shape index (κ1) is 20.4. The van der Waals surface area contributed by atoms with Crippen molar-refractivity contribution in [2.45, 2.75) is 0 Å². The van der Waals surface area contributed by atoms with Crippen LogP contribution in [0.4, 0.5) is 9.18 Å². The van der Waals surface area contributed by atoms with Crippen molar-refractivity contribution in [1.82, 2.24) is 30.4 Å². The van der Waals surface area contributed by atoms with E-state index < -0.39 is 11.1 Å². The minimum absolute atomic E-state index is 0.0415. The molecule has 1 N–H and O–H groups in total. The minimum atomic E-state index is -0.445. The second-order valence-electron chi connectivity index (χ2n) is 6.44. The number of rotatable bonds is 6. The van der Waals surface area contributed by atoms with Gasteiger partial charge in [-0.15, -0.1) is 5.10 Å². The first-order chi connectivity index (χ1) is 15.0. The lowest BCUT2D eigenvalue weighted by molar-refractivity contribution is -0.122. The van der Waals surface area contributed by atoms with Crippen LogP contribution < -0.4 is 5.32 Å². The first-order valence-electron chi connectivity index (χ1n) is 9.14. The minimum Gasteiger partial charge on any atom is -0.350 e. The molecule has 1 aromatic heterocycles. The predicted molar refractivity (Wildman–Crippen MR) is 111 cm³/mol. The maximum absolute atomic E-state index is 13.0. The van der Waals surface area contributed by atoms with Gasteiger partial charge in [0, 0.05) is 18.7 Å². The number of halogens is 1. The lowest BCUT2D eigenvalue weighted by atomic mass is 10.2. The third kappa shape index (κ3) is 4.67. The van der Waals surface area contributed by atoms with Gasteiger partial charge in [0.1, 0.15) is 12.1 Å². The Hall–Kier alpha value is -3.86. The molecule has 0 spiro atoms. The van der Waals surface area contributed by atoms with Gasteiger partial charge in [0.25, 0.3) is 17.1 Å². The Morgan fingerprint density at radius 2 is 1.84 bits per heavy atom. The molecule has 3 aromatic rings. The fourth-order valence-electron chi connectivity index (χ4n) is 2.83. The number of nitrogens with zero attached hydrogens (tertiary/aromatic N) is 5. The third-order valence-corrected chi connectivity index (χ3v) is 5.31. The second kappa shape index (κ2) is 8.88. The Labute approximate surface area is 179 Å². The maximum atomic E-state index is 13.0. The lowest BCUT2D eigenvalue weighted by Crippen LogP contribution is -2.37. The van der Waals surface area contributed by atoms with Crippen LogP contribution in [0, 0.1) is 5.82 Å². The van der Waals surface area contributed by atoms with Gasteiger partial charge in [-0.3, -0.25) is 19.3 Å². The summed E-state index contributed by atoms with van der Waals surface area (Å²) in [6, 6.07) is 12.2. The number of benzene rings is 2. The summed E-state index contributed by atoms with van der Waals surface area (Å²) in [6.07, 6.45) is 2.98. The molecule has 2 aromatic carbocycles. The van der Waals surface area contributed by atoms with Crippen LogP contribution in [0.15, 0.2) is 59.8 Å². The zero-order valence-corrected chi connectivity index (χ0v) is 16.8. The second-order valence-corrected chi connectivity index (χ2v) is 7.44. The van der Waals surface area contributed by atoms with Crippen LogP contribution in [0.25, 0.3) is 11.8 Å². The van der Waals surface area contributed by atoms with E-state index in [0.29, 0.717) is 16.8 Å². The van der Waals surface area contributed by atoms with Gasteiger partial charge in [0.15, 0.2) is 0 Å². The Balaban J connectivity index is 1.32. The van der Waals surface area contributed by atoms with Gasteiger partial charge < -0.3 is 5.32 Å². The molecule has 156 valence electrons. The van der Waals surface area contributed by atoms with Crippen LogP contribution >= 0.6 is 11.8 Å². The van der Waals surface area contributed by atoms with Crippen molar-refractivity contribution in [2.24, 2.45) is 0 Å². The van der Waals surface area contributed by atoms with E-state index in [-0.39, 0.29) is 29.7 Å². The smallest absolute Gasteiger partial charge is 0.293 e. The summed E-state index contributed by atoms with van der Waals surface area (Å²) in [5, 5.41) is 13.1. The predicted octanol–water partition coefficient (Wildman–Crippen LogP) is 2.27. The van der Waals surface area contributed by atoms with Gasteiger partial charge in [-0.1, -0.05) is 12.1 Å². The molecule has 11 heteroatoms. The normalized spacial score (nSPS) is 15.0. The van der Waals surface area contributed by atoms with Gasteiger partial charge in [-0.05, 0) is 70.2 Å². The summed E-state index contributed by atoms with van der Waals surface area (Å²) in [5.41, 5.74) is 1.74. The number of thioether (sulfide) groups is 1. The number of amides is 3. The highest BCUT2D eigenvalue weighted by Gasteiger charge is 2.34. The number of tetrazole rings is 1. The van der Waals surface area contributed by atoms with Crippen LogP contribution in [0.2, 0.25) is 0 Å². The highest BCUT2D eigenvalue weighted by Crippen LogP contribution is 2.31. The summed E-state index contributed by atoms with van der Waals surface area (Å²) in [6.45, 7) is 0.148. The topological polar surface area (TPSA) is 110 Å². The molecule has 31 heavy (non-hydrogen) atoms. The van der Waals surface area contributed by atoms with Gasteiger partial charge in [-0.25, -0.2) is 9.07 Å². The maximum Gasteiger partial charge on any atom is 0.293 e. The van der Waals surface area contributed by atoms with Gasteiger partial charge >= 0.3 is 0 Å². The molecular weight excluding hydrogens is 423 g/mol. The quantitative estimate of drug-likeness (QED) is 0.588. The average molecular weight is 438 g/mol. The molecule has 4 rings (SSSR count). The summed E-state index contributed by atoms with van der Waals surface area (Å²) < 4.78 is 14.5. The molecule has 0 unspecified atom stereocenters. The van der Waals surface area contributed by atoms with Crippen molar-refractivity contribution in [2.75, 3.05) is 13.1 Å². The number of nitrogens with one attached hydrogen (secondary N) is 1. The molecule has 0 bridgehead atoms. The Morgan fingerprint density at radius 1 is 1.10 bits per heavy atom. The van der Waals surface area contributed by atoms with Crippen molar-refractivity contribution >= 4 is 34.9 Å². The van der Waals surface area contributed by atoms with E-state index in [9.17, 15) is 18.8 Å². The first-order valence-corrected chi connectivity index (χ1v) is 9.95. The molecule has 1 saturated heterocycles. The largest absolute Gasteiger partial charge is 0.350 e. The van der Waals surface area contributed by atoms with E-state index >= 15 is 0 Å². The monoisotopic (exact) mass is 438 g/mol. The fourth-order valence-corrected chi connectivity index (χ4v) is 3.70. The van der Waals surface area contributed by atoms with Crippen LogP contribution in [0.5, 0.6) is 0 Å². The van der Waals surface area contributed by atoms with Gasteiger partial charge in [0.2, 0.25) is 0 Å². The summed E-state index contributed by atoms with van der Waals surface area (Å²) in [4.78, 5) is 38.3. The van der Waals surface area contributed by atoms with E-state index in [1.54, 1.807) is 24.3 Å². The molecule has 1 fully saturated rings. The van der Waals surface area contributed by atoms with E-state index in [4.69, 9.17) is 0 Å². The molecule has 0 saturated carbocycles. The van der Waals surface area contributed by atoms with Crippen LogP contribution in [-0.4, -0.2) is 55.3 Å². The summed E-state index contributed by atoms with van der Waals surface area (Å²) in [7, 11) is 0. The highest BCUT2D eigenvalue weighted by atomic mass is 32.2. The Morgan fingerprint density at radius 3 is 2.52 bits per heavy atom. The zero-order chi connectivity index (χ0) is 21.8. The number of carbonyl (C=O) groups is 3. The van der Waals surface area contributed by atoms with Crippen molar-refractivity contribution in [3.8, 4) is 5.69 Å². The fraction of sp³-hybridized carbons (Fsp3) is 0.100. The number of imide groups is 1. The van der Waals surface area contributed by atoms with Crippen LogP contribution in [0.1, 0.15) is 15.9 Å². The van der Waals surface area contributed by atoms with Gasteiger partial charge in [0.05, 0.1) is 10.6 Å². The molecule has 9 nitrogen and oxygen atoms in total. The van der Waals surface area contributed by atoms with E-state index in [1.807, 2.05) is 0 Å². The highest BCUT2D eigenvalue weighted by molar-refractivity contribution is 8.18. The molecule has 0 radical (unpaired) electrons. The van der Waals surface area contributed by atoms with Crippen LogP contribution in [-0.2, 0) is 4.79 Å². The van der Waals surface area contributed by atoms with Crippen LogP contribution in [0.3, 0.4) is 0 Å². The van der Waals surface area contributed by atoms with Crippen molar-refractivity contribution < 1.29 is 18.8 Å². The van der Waals surface area contributed by atoms with Gasteiger partial charge in [-0.2, -0.15) is 0 Å². The van der Waals surface area contributed by atoms with Crippen molar-refractivity contribution in [1.29, 1.82) is 0 Å². The van der Waals surface area contributed by atoms with E-state index in [1.165, 1.54) is 41.4 Å². The lowest BCUT2D eigenvalue weighted by Gasteiger charge is -2.13. The molecule has 2 heterocycles. The Bertz CT molecular complexity index is 1150. The molecule has 1 aliphatic heterocycles. The SMILES string of the molecule is O=C(NCCN1C(=O)SC(=Cc2ccc(F)cc2)C1=O)c1ccc(-n2cnnn2)cc1. The van der Waals surface area contributed by atoms with Crippen molar-refractivity contribution in [3.63, 3.8) is 0 Å². The summed E-state index contributed by atoms with van der Waals surface area (Å²) in [5.74, 6) is -1.16. The molecule has 3 amide bonds. The third-order valence-electron chi connectivity index (χ3n) is 4.41.